The van der Waals surface area contributed by atoms with Gasteiger partial charge in [0.1, 0.15) is 5.75 Å². The zero-order valence-corrected chi connectivity index (χ0v) is 11.7. The van der Waals surface area contributed by atoms with Gasteiger partial charge in [-0.15, -0.1) is 0 Å². The van der Waals surface area contributed by atoms with Gasteiger partial charge >= 0.3 is 6.61 Å². The molecule has 2 unspecified atom stereocenters. The lowest BCUT2D eigenvalue weighted by molar-refractivity contribution is -0.0501. The molecule has 0 heterocycles. The van der Waals surface area contributed by atoms with E-state index in [-0.39, 0.29) is 11.3 Å². The molecule has 4 nitrogen and oxygen atoms in total. The Bertz CT molecular complexity index is 482. The van der Waals surface area contributed by atoms with Gasteiger partial charge in [0.15, 0.2) is 0 Å². The highest BCUT2D eigenvalue weighted by Gasteiger charge is 2.26. The van der Waals surface area contributed by atoms with E-state index in [4.69, 9.17) is 5.73 Å². The fraction of sp³-hybridized carbons (Fsp3) is 0.533. The molecule has 2 atom stereocenters. The third-order valence-electron chi connectivity index (χ3n) is 3.99. The van der Waals surface area contributed by atoms with E-state index in [0.29, 0.717) is 24.9 Å². The molecule has 1 amide bonds. The Kier molecular flexibility index (Phi) is 5.50. The number of nitrogens with two attached hydrogens (primary N) is 1. The van der Waals surface area contributed by atoms with Crippen molar-refractivity contribution >= 4 is 5.91 Å². The summed E-state index contributed by atoms with van der Waals surface area (Å²) in [5.74, 6) is 0.292. The maximum absolute atomic E-state index is 12.3. The lowest BCUT2D eigenvalue weighted by Crippen LogP contribution is -2.33. The minimum Gasteiger partial charge on any atom is -0.434 e. The van der Waals surface area contributed by atoms with Crippen molar-refractivity contribution < 1.29 is 18.3 Å². The lowest BCUT2D eigenvalue weighted by Gasteiger charge is -2.18. The van der Waals surface area contributed by atoms with E-state index in [1.54, 1.807) is 12.1 Å². The standard InChI is InChI=1S/C15H20F2N2O2/c16-15(17)21-13-7-2-1-6-12(13)14(20)19-9-11-5-3-4-10(11)8-18/h1-2,6-7,10-11,15H,3-5,8-9,18H2,(H,19,20). The highest BCUT2D eigenvalue weighted by atomic mass is 19.3. The molecule has 0 bridgehead atoms. The minimum absolute atomic E-state index is 0.105. The van der Waals surface area contributed by atoms with E-state index in [9.17, 15) is 13.6 Å². The van der Waals surface area contributed by atoms with E-state index >= 15 is 0 Å². The third kappa shape index (κ3) is 4.14. The fourth-order valence-corrected chi connectivity index (χ4v) is 2.86. The highest BCUT2D eigenvalue weighted by Crippen LogP contribution is 2.30. The number of alkyl halides is 2. The molecule has 1 aliphatic rings. The number of nitrogens with one attached hydrogen (secondary N) is 1. The van der Waals surface area contributed by atoms with Gasteiger partial charge in [0.25, 0.3) is 5.91 Å². The van der Waals surface area contributed by atoms with Crippen molar-refractivity contribution in [2.24, 2.45) is 17.6 Å². The van der Waals surface area contributed by atoms with Crippen molar-refractivity contribution in [1.82, 2.24) is 5.32 Å². The van der Waals surface area contributed by atoms with Crippen molar-refractivity contribution in [2.75, 3.05) is 13.1 Å². The predicted molar refractivity (Wildman–Crippen MR) is 75.3 cm³/mol. The van der Waals surface area contributed by atoms with Crippen molar-refractivity contribution in [2.45, 2.75) is 25.9 Å². The first-order valence-electron chi connectivity index (χ1n) is 7.14. The normalized spacial score (nSPS) is 21.5. The minimum atomic E-state index is -2.95. The second kappa shape index (κ2) is 7.36. The number of ether oxygens (including phenoxy) is 1. The summed E-state index contributed by atoms with van der Waals surface area (Å²) >= 11 is 0. The number of halogens is 2. The molecular formula is C15H20F2N2O2. The second-order valence-electron chi connectivity index (χ2n) is 5.27. The Morgan fingerprint density at radius 1 is 1.33 bits per heavy atom. The molecule has 1 aromatic carbocycles. The number of amides is 1. The van der Waals surface area contributed by atoms with Gasteiger partial charge in [-0.2, -0.15) is 8.78 Å². The Balaban J connectivity index is 1.97. The Hall–Kier alpha value is -1.69. The number of rotatable bonds is 6. The van der Waals surface area contributed by atoms with Crippen LogP contribution in [0.15, 0.2) is 24.3 Å². The zero-order valence-electron chi connectivity index (χ0n) is 11.7. The number of para-hydroxylation sites is 1. The van der Waals surface area contributed by atoms with Gasteiger partial charge < -0.3 is 15.8 Å². The van der Waals surface area contributed by atoms with Gasteiger partial charge in [0.05, 0.1) is 5.56 Å². The third-order valence-corrected chi connectivity index (χ3v) is 3.99. The molecule has 0 aliphatic heterocycles. The van der Waals surface area contributed by atoms with Crippen LogP contribution in [0.3, 0.4) is 0 Å². The molecule has 1 saturated carbocycles. The van der Waals surface area contributed by atoms with Crippen molar-refractivity contribution in [3.8, 4) is 5.75 Å². The van der Waals surface area contributed by atoms with Gasteiger partial charge in [0, 0.05) is 6.54 Å². The zero-order chi connectivity index (χ0) is 15.2. The molecule has 1 aromatic rings. The average molecular weight is 298 g/mol. The van der Waals surface area contributed by atoms with Crippen LogP contribution in [0, 0.1) is 11.8 Å². The summed E-state index contributed by atoms with van der Waals surface area (Å²) in [7, 11) is 0. The summed E-state index contributed by atoms with van der Waals surface area (Å²) < 4.78 is 29.0. The van der Waals surface area contributed by atoms with E-state index < -0.39 is 12.5 Å². The second-order valence-corrected chi connectivity index (χ2v) is 5.27. The monoisotopic (exact) mass is 298 g/mol. The molecule has 0 saturated heterocycles. The summed E-state index contributed by atoms with van der Waals surface area (Å²) in [5, 5.41) is 2.80. The molecular weight excluding hydrogens is 278 g/mol. The molecule has 1 aliphatic carbocycles. The van der Waals surface area contributed by atoms with Crippen LogP contribution >= 0.6 is 0 Å². The smallest absolute Gasteiger partial charge is 0.387 e. The van der Waals surface area contributed by atoms with E-state index in [2.05, 4.69) is 10.1 Å². The topological polar surface area (TPSA) is 64.3 Å². The summed E-state index contributed by atoms with van der Waals surface area (Å²) in [5.41, 5.74) is 5.83. The molecule has 0 aromatic heterocycles. The van der Waals surface area contributed by atoms with Crippen LogP contribution in [0.1, 0.15) is 29.6 Å². The Morgan fingerprint density at radius 3 is 2.76 bits per heavy atom. The summed E-state index contributed by atoms with van der Waals surface area (Å²) in [6, 6.07) is 6.00. The van der Waals surface area contributed by atoms with Gasteiger partial charge in [-0.1, -0.05) is 18.6 Å². The molecule has 21 heavy (non-hydrogen) atoms. The average Bonchev–Trinajstić information content (AvgIpc) is 2.92. The largest absolute Gasteiger partial charge is 0.434 e. The van der Waals surface area contributed by atoms with Gasteiger partial charge in [-0.25, -0.2) is 0 Å². The number of benzene rings is 1. The highest BCUT2D eigenvalue weighted by molar-refractivity contribution is 5.96. The van der Waals surface area contributed by atoms with E-state index in [1.165, 1.54) is 12.1 Å². The first kappa shape index (κ1) is 15.7. The van der Waals surface area contributed by atoms with Crippen molar-refractivity contribution in [3.05, 3.63) is 29.8 Å². The van der Waals surface area contributed by atoms with Crippen molar-refractivity contribution in [3.63, 3.8) is 0 Å². The van der Waals surface area contributed by atoms with Gasteiger partial charge in [-0.3, -0.25) is 4.79 Å². The number of carbonyl (C=O) groups is 1. The van der Waals surface area contributed by atoms with E-state index in [1.807, 2.05) is 0 Å². The number of hydrogen-bond acceptors (Lipinski definition) is 3. The first-order chi connectivity index (χ1) is 10.1. The van der Waals surface area contributed by atoms with Crippen LogP contribution in [-0.4, -0.2) is 25.6 Å². The van der Waals surface area contributed by atoms with Crippen molar-refractivity contribution in [1.29, 1.82) is 0 Å². The van der Waals surface area contributed by atoms with Gasteiger partial charge in [-0.05, 0) is 43.4 Å². The number of hydrogen-bond donors (Lipinski definition) is 2. The first-order valence-corrected chi connectivity index (χ1v) is 7.14. The summed E-state index contributed by atoms with van der Waals surface area (Å²) in [4.78, 5) is 12.1. The maximum Gasteiger partial charge on any atom is 0.387 e. The summed E-state index contributed by atoms with van der Waals surface area (Å²) in [6.45, 7) is -1.81. The van der Waals surface area contributed by atoms with E-state index in [0.717, 1.165) is 19.3 Å². The predicted octanol–water partition coefficient (Wildman–Crippen LogP) is 2.39. The summed E-state index contributed by atoms with van der Waals surface area (Å²) in [6.07, 6.45) is 3.24. The molecule has 6 heteroatoms. The quantitative estimate of drug-likeness (QED) is 0.847. The van der Waals surface area contributed by atoms with Gasteiger partial charge in [0.2, 0.25) is 0 Å². The Morgan fingerprint density at radius 2 is 2.05 bits per heavy atom. The fourth-order valence-electron chi connectivity index (χ4n) is 2.86. The lowest BCUT2D eigenvalue weighted by atomic mass is 9.96. The Labute approximate surface area is 122 Å². The SMILES string of the molecule is NCC1CCCC1CNC(=O)c1ccccc1OC(F)F. The van der Waals surface area contributed by atoms with Crippen LogP contribution < -0.4 is 15.8 Å². The van der Waals surface area contributed by atoms with Crippen LogP contribution in [-0.2, 0) is 0 Å². The van der Waals surface area contributed by atoms with Crippen LogP contribution in [0.5, 0.6) is 5.75 Å². The van der Waals surface area contributed by atoms with Crippen LogP contribution in [0.25, 0.3) is 0 Å². The molecule has 2 rings (SSSR count). The maximum atomic E-state index is 12.3. The van der Waals surface area contributed by atoms with Crippen LogP contribution in [0.4, 0.5) is 8.78 Å². The molecule has 116 valence electrons. The molecule has 0 radical (unpaired) electrons. The van der Waals surface area contributed by atoms with Crippen LogP contribution in [0.2, 0.25) is 0 Å². The molecule has 0 spiro atoms. The molecule has 3 N–H and O–H groups in total. The number of carbonyl (C=O) groups excluding carboxylic acids is 1. The molecule has 1 fully saturated rings.